The monoisotopic (exact) mass is 319 g/mol. The summed E-state index contributed by atoms with van der Waals surface area (Å²) in [7, 11) is 0. The van der Waals surface area contributed by atoms with Crippen LogP contribution in [0.1, 0.15) is 52.7 Å². The number of aromatic amines is 1. The second-order valence-corrected chi connectivity index (χ2v) is 7.39. The van der Waals surface area contributed by atoms with Gasteiger partial charge in [0.1, 0.15) is 0 Å². The number of hydrogen-bond donors (Lipinski definition) is 2. The summed E-state index contributed by atoms with van der Waals surface area (Å²) in [6.07, 6.45) is 7.21. The third-order valence-electron chi connectivity index (χ3n) is 4.54. The molecule has 0 bridgehead atoms. The second kappa shape index (κ2) is 7.40. The number of rotatable bonds is 7. The van der Waals surface area contributed by atoms with Crippen LogP contribution in [-0.2, 0) is 13.1 Å². The Labute approximate surface area is 136 Å². The maximum atomic E-state index is 9.32. The minimum absolute atomic E-state index is 0.185. The van der Waals surface area contributed by atoms with Crippen molar-refractivity contribution >= 4 is 11.3 Å². The highest BCUT2D eigenvalue weighted by molar-refractivity contribution is 7.12. The zero-order valence-electron chi connectivity index (χ0n) is 13.2. The molecule has 0 atom stereocenters. The summed E-state index contributed by atoms with van der Waals surface area (Å²) in [5.74, 6) is 0.790. The molecular weight excluding hydrogens is 294 g/mol. The molecule has 120 valence electrons. The van der Waals surface area contributed by atoms with Crippen molar-refractivity contribution < 1.29 is 5.11 Å². The molecule has 0 radical (unpaired) electrons. The van der Waals surface area contributed by atoms with Crippen molar-refractivity contribution in [2.75, 3.05) is 13.2 Å². The van der Waals surface area contributed by atoms with Gasteiger partial charge in [-0.15, -0.1) is 11.3 Å². The van der Waals surface area contributed by atoms with E-state index in [4.69, 9.17) is 0 Å². The number of aromatic nitrogens is 2. The van der Waals surface area contributed by atoms with Crippen molar-refractivity contribution in [2.24, 2.45) is 0 Å². The van der Waals surface area contributed by atoms with E-state index < -0.39 is 0 Å². The van der Waals surface area contributed by atoms with Crippen LogP contribution in [0, 0.1) is 6.92 Å². The van der Waals surface area contributed by atoms with E-state index >= 15 is 0 Å². The molecule has 5 heteroatoms. The minimum Gasteiger partial charge on any atom is -0.395 e. The highest BCUT2D eigenvalue weighted by Crippen LogP contribution is 2.37. The molecule has 1 fully saturated rings. The third-order valence-corrected chi connectivity index (χ3v) is 5.78. The predicted molar refractivity (Wildman–Crippen MR) is 90.1 cm³/mol. The molecule has 0 saturated heterocycles. The summed E-state index contributed by atoms with van der Waals surface area (Å²) >= 11 is 1.95. The lowest BCUT2D eigenvalue weighted by molar-refractivity contribution is 0.184. The van der Waals surface area contributed by atoms with E-state index in [9.17, 15) is 5.11 Å². The molecule has 0 aliphatic heterocycles. The van der Waals surface area contributed by atoms with E-state index in [1.165, 1.54) is 30.6 Å². The Morgan fingerprint density at radius 3 is 2.82 bits per heavy atom. The lowest BCUT2D eigenvalue weighted by atomic mass is 10.1. The first-order valence-corrected chi connectivity index (χ1v) is 8.98. The summed E-state index contributed by atoms with van der Waals surface area (Å²) in [4.78, 5) is 12.7. The Balaban J connectivity index is 1.64. The molecule has 3 rings (SSSR count). The van der Waals surface area contributed by atoms with Gasteiger partial charge >= 0.3 is 0 Å². The average Bonchev–Trinajstić information content (AvgIpc) is 3.22. The van der Waals surface area contributed by atoms with Crippen molar-refractivity contribution in [3.8, 4) is 0 Å². The smallest absolute Gasteiger partial charge is 0.0925 e. The number of aryl methyl sites for hydroxylation is 1. The predicted octanol–water partition coefficient (Wildman–Crippen LogP) is 3.43. The minimum atomic E-state index is 0.185. The van der Waals surface area contributed by atoms with Crippen molar-refractivity contribution in [1.82, 2.24) is 14.9 Å². The molecule has 2 aromatic rings. The van der Waals surface area contributed by atoms with E-state index in [2.05, 4.69) is 27.0 Å². The van der Waals surface area contributed by atoms with Gasteiger partial charge in [0.25, 0.3) is 0 Å². The fraction of sp³-hybridized carbons (Fsp3) is 0.588. The van der Waals surface area contributed by atoms with Crippen LogP contribution >= 0.6 is 11.3 Å². The topological polar surface area (TPSA) is 52.2 Å². The lowest BCUT2D eigenvalue weighted by Gasteiger charge is -2.19. The third kappa shape index (κ3) is 3.77. The van der Waals surface area contributed by atoms with Crippen molar-refractivity contribution in [1.29, 1.82) is 0 Å². The highest BCUT2D eigenvalue weighted by Gasteiger charge is 2.19. The summed E-state index contributed by atoms with van der Waals surface area (Å²) < 4.78 is 0. The normalized spacial score (nSPS) is 16.0. The molecule has 1 saturated carbocycles. The number of hydrogen-bond acceptors (Lipinski definition) is 4. The standard InChI is InChI=1S/C17H25N3OS/c1-13-16(19-12-18-13)11-20(8-9-21)10-15-6-7-17(22-15)14-4-2-3-5-14/h6-7,12,14,21H,2-5,8-11H2,1H3,(H,18,19). The number of nitrogens with zero attached hydrogens (tertiary/aromatic N) is 2. The molecule has 2 aromatic heterocycles. The van der Waals surface area contributed by atoms with Crippen LogP contribution in [0.2, 0.25) is 0 Å². The number of thiophene rings is 1. The number of aliphatic hydroxyl groups excluding tert-OH is 1. The fourth-order valence-corrected chi connectivity index (χ4v) is 4.47. The molecule has 1 aliphatic carbocycles. The molecule has 0 unspecified atom stereocenters. The molecule has 0 aromatic carbocycles. The fourth-order valence-electron chi connectivity index (χ4n) is 3.24. The average molecular weight is 319 g/mol. The Kier molecular flexibility index (Phi) is 5.28. The molecule has 2 heterocycles. The number of imidazole rings is 1. The lowest BCUT2D eigenvalue weighted by Crippen LogP contribution is -2.26. The van der Waals surface area contributed by atoms with Crippen LogP contribution < -0.4 is 0 Å². The molecule has 22 heavy (non-hydrogen) atoms. The van der Waals surface area contributed by atoms with E-state index in [-0.39, 0.29) is 6.61 Å². The number of H-pyrrole nitrogens is 1. The number of nitrogens with one attached hydrogen (secondary N) is 1. The summed E-state index contributed by atoms with van der Waals surface area (Å²) in [5, 5.41) is 9.32. The zero-order chi connectivity index (χ0) is 15.4. The van der Waals surface area contributed by atoms with E-state index in [0.717, 1.165) is 30.4 Å². The van der Waals surface area contributed by atoms with E-state index in [1.807, 2.05) is 18.3 Å². The second-order valence-electron chi connectivity index (χ2n) is 6.19. The summed E-state index contributed by atoms with van der Waals surface area (Å²) in [6.45, 7) is 4.59. The van der Waals surface area contributed by atoms with Gasteiger partial charge in [0, 0.05) is 35.1 Å². The van der Waals surface area contributed by atoms with Gasteiger partial charge in [-0.3, -0.25) is 4.90 Å². The van der Waals surface area contributed by atoms with Gasteiger partial charge in [-0.05, 0) is 37.8 Å². The first-order valence-electron chi connectivity index (χ1n) is 8.17. The Morgan fingerprint density at radius 2 is 2.14 bits per heavy atom. The van der Waals surface area contributed by atoms with Crippen molar-refractivity contribution in [3.63, 3.8) is 0 Å². The van der Waals surface area contributed by atoms with Gasteiger partial charge in [0.2, 0.25) is 0 Å². The van der Waals surface area contributed by atoms with Crippen LogP contribution in [0.5, 0.6) is 0 Å². The Hall–Kier alpha value is -1.17. The molecule has 0 amide bonds. The maximum absolute atomic E-state index is 9.32. The van der Waals surface area contributed by atoms with Gasteiger partial charge < -0.3 is 10.1 Å². The zero-order valence-corrected chi connectivity index (χ0v) is 14.0. The molecular formula is C17H25N3OS. The van der Waals surface area contributed by atoms with Gasteiger partial charge in [0.05, 0.1) is 18.6 Å². The SMILES string of the molecule is Cc1[nH]cnc1CN(CCO)Cc1ccc(C2CCCC2)s1. The quantitative estimate of drug-likeness (QED) is 0.822. The maximum Gasteiger partial charge on any atom is 0.0925 e. The Bertz CT molecular complexity index is 586. The van der Waals surface area contributed by atoms with Gasteiger partial charge in [-0.2, -0.15) is 0 Å². The molecule has 4 nitrogen and oxygen atoms in total. The largest absolute Gasteiger partial charge is 0.395 e. The highest BCUT2D eigenvalue weighted by atomic mass is 32.1. The Morgan fingerprint density at radius 1 is 1.32 bits per heavy atom. The van der Waals surface area contributed by atoms with Crippen molar-refractivity contribution in [3.05, 3.63) is 39.6 Å². The molecule has 1 aliphatic rings. The van der Waals surface area contributed by atoms with Gasteiger partial charge in [0.15, 0.2) is 0 Å². The van der Waals surface area contributed by atoms with Crippen LogP contribution in [0.3, 0.4) is 0 Å². The van der Waals surface area contributed by atoms with Gasteiger partial charge in [-0.25, -0.2) is 4.98 Å². The first kappa shape index (κ1) is 15.7. The first-order chi connectivity index (χ1) is 10.8. The molecule has 0 spiro atoms. The van der Waals surface area contributed by atoms with Crippen LogP contribution in [0.15, 0.2) is 18.5 Å². The van der Waals surface area contributed by atoms with Crippen molar-refractivity contribution in [2.45, 2.75) is 51.6 Å². The van der Waals surface area contributed by atoms with E-state index in [0.29, 0.717) is 6.54 Å². The van der Waals surface area contributed by atoms with Crippen LogP contribution in [-0.4, -0.2) is 33.1 Å². The number of aliphatic hydroxyl groups is 1. The summed E-state index contributed by atoms with van der Waals surface area (Å²) in [6, 6.07) is 4.58. The molecule has 2 N–H and O–H groups in total. The van der Waals surface area contributed by atoms with Crippen LogP contribution in [0.4, 0.5) is 0 Å². The van der Waals surface area contributed by atoms with Crippen LogP contribution in [0.25, 0.3) is 0 Å². The summed E-state index contributed by atoms with van der Waals surface area (Å²) in [5.41, 5.74) is 2.18. The van der Waals surface area contributed by atoms with Gasteiger partial charge in [-0.1, -0.05) is 12.8 Å². The van der Waals surface area contributed by atoms with E-state index in [1.54, 1.807) is 11.2 Å².